The van der Waals surface area contributed by atoms with Crippen molar-refractivity contribution < 1.29 is 9.63 Å². The number of carbonyl (C=O) groups excluding carboxylic acids is 1. The van der Waals surface area contributed by atoms with Gasteiger partial charge in [0.1, 0.15) is 11.8 Å². The number of unbranched alkanes of at least 4 members (excludes halogenated alkanes) is 7. The van der Waals surface area contributed by atoms with Crippen molar-refractivity contribution in [1.29, 1.82) is 0 Å². The van der Waals surface area contributed by atoms with Gasteiger partial charge in [-0.15, -0.1) is 0 Å². The van der Waals surface area contributed by atoms with E-state index in [9.17, 15) is 4.79 Å². The second-order valence-electron chi connectivity index (χ2n) is 5.29. The fourth-order valence-corrected chi connectivity index (χ4v) is 2.30. The van der Waals surface area contributed by atoms with Crippen LogP contribution in [0.15, 0.2) is 5.16 Å². The molecular weight excluding hydrogens is 226 g/mol. The molecule has 0 fully saturated rings. The Labute approximate surface area is 111 Å². The Balaban J connectivity index is 1.89. The molecule has 0 saturated heterocycles. The van der Waals surface area contributed by atoms with Gasteiger partial charge in [-0.25, -0.2) is 0 Å². The minimum absolute atomic E-state index is 0.0495. The normalized spacial score (nSPS) is 18.6. The van der Waals surface area contributed by atoms with E-state index < -0.39 is 0 Å². The summed E-state index contributed by atoms with van der Waals surface area (Å²) in [6.07, 6.45) is 12.5. The van der Waals surface area contributed by atoms with Crippen LogP contribution in [0.25, 0.3) is 0 Å². The van der Waals surface area contributed by atoms with Crippen LogP contribution >= 0.6 is 0 Å². The number of hydrogen-bond acceptors (Lipinski definition) is 3. The van der Waals surface area contributed by atoms with Gasteiger partial charge in [-0.3, -0.25) is 4.79 Å². The van der Waals surface area contributed by atoms with Crippen molar-refractivity contribution in [2.75, 3.05) is 0 Å². The highest BCUT2D eigenvalue weighted by atomic mass is 16.6. The van der Waals surface area contributed by atoms with Crippen LogP contribution in [-0.2, 0) is 9.63 Å². The van der Waals surface area contributed by atoms with Crippen LogP contribution in [0.1, 0.15) is 78.1 Å². The minimum Gasteiger partial charge on any atom is -0.392 e. The second kappa shape index (κ2) is 9.12. The fraction of sp³-hybridized carbons (Fsp3) is 0.867. The van der Waals surface area contributed by atoms with Crippen molar-refractivity contribution in [3.05, 3.63) is 0 Å². The van der Waals surface area contributed by atoms with Gasteiger partial charge in [0.25, 0.3) is 0 Å². The van der Waals surface area contributed by atoms with Crippen LogP contribution < -0.4 is 0 Å². The molecule has 0 radical (unpaired) electrons. The second-order valence-corrected chi connectivity index (χ2v) is 5.29. The zero-order valence-electron chi connectivity index (χ0n) is 11.9. The van der Waals surface area contributed by atoms with Gasteiger partial charge in [0.15, 0.2) is 5.78 Å². The lowest BCUT2D eigenvalue weighted by molar-refractivity contribution is -0.111. The Morgan fingerprint density at radius 3 is 2.33 bits per heavy atom. The predicted molar refractivity (Wildman–Crippen MR) is 74.8 cm³/mol. The molecule has 0 aliphatic carbocycles. The van der Waals surface area contributed by atoms with Gasteiger partial charge in [-0.05, 0) is 12.8 Å². The third kappa shape index (κ3) is 6.18. The molecule has 1 atom stereocenters. The summed E-state index contributed by atoms with van der Waals surface area (Å²) in [7, 11) is 0. The molecule has 1 unspecified atom stereocenters. The SMILES string of the molecule is CCCCCCCCCCC1CC(C(C)=O)=NO1. The van der Waals surface area contributed by atoms with Crippen molar-refractivity contribution in [2.24, 2.45) is 5.16 Å². The first kappa shape index (κ1) is 15.2. The number of rotatable bonds is 10. The Hall–Kier alpha value is -0.860. The number of nitrogens with zero attached hydrogens (tertiary/aromatic N) is 1. The quantitative estimate of drug-likeness (QED) is 0.546. The Bertz CT molecular complexity index is 274. The molecule has 3 heteroatoms. The average Bonchev–Trinajstić information content (AvgIpc) is 2.81. The summed E-state index contributed by atoms with van der Waals surface area (Å²) < 4.78 is 0. The van der Waals surface area contributed by atoms with Gasteiger partial charge in [-0.2, -0.15) is 0 Å². The van der Waals surface area contributed by atoms with Crippen molar-refractivity contribution in [2.45, 2.75) is 84.2 Å². The number of Topliss-reactive ketones (excluding diaryl/α,β-unsaturated/α-hetero) is 1. The van der Waals surface area contributed by atoms with Crippen molar-refractivity contribution in [3.8, 4) is 0 Å². The molecule has 0 saturated carbocycles. The van der Waals surface area contributed by atoms with Crippen molar-refractivity contribution in [3.63, 3.8) is 0 Å². The zero-order chi connectivity index (χ0) is 13.2. The maximum absolute atomic E-state index is 11.1. The highest BCUT2D eigenvalue weighted by molar-refractivity contribution is 6.39. The van der Waals surface area contributed by atoms with E-state index in [1.165, 1.54) is 51.4 Å². The third-order valence-corrected chi connectivity index (χ3v) is 3.52. The maximum Gasteiger partial charge on any atom is 0.177 e. The lowest BCUT2D eigenvalue weighted by Gasteiger charge is -2.07. The van der Waals surface area contributed by atoms with Gasteiger partial charge < -0.3 is 4.84 Å². The number of oxime groups is 1. The van der Waals surface area contributed by atoms with E-state index >= 15 is 0 Å². The Kier molecular flexibility index (Phi) is 7.70. The van der Waals surface area contributed by atoms with E-state index in [1.54, 1.807) is 6.92 Å². The molecule has 0 aromatic rings. The molecule has 0 aromatic carbocycles. The Morgan fingerprint density at radius 2 is 1.78 bits per heavy atom. The highest BCUT2D eigenvalue weighted by Crippen LogP contribution is 2.18. The van der Waals surface area contributed by atoms with Crippen molar-refractivity contribution >= 4 is 11.5 Å². The van der Waals surface area contributed by atoms with Gasteiger partial charge in [-0.1, -0.05) is 57.0 Å². The van der Waals surface area contributed by atoms with Crippen molar-refractivity contribution in [1.82, 2.24) is 0 Å². The monoisotopic (exact) mass is 253 g/mol. The lowest BCUT2D eigenvalue weighted by Crippen LogP contribution is -2.12. The summed E-state index contributed by atoms with van der Waals surface area (Å²) in [4.78, 5) is 16.3. The van der Waals surface area contributed by atoms with Gasteiger partial charge in [0.05, 0.1) is 0 Å². The highest BCUT2D eigenvalue weighted by Gasteiger charge is 2.22. The van der Waals surface area contributed by atoms with Crippen LogP contribution in [0.5, 0.6) is 0 Å². The molecule has 0 amide bonds. The number of carbonyl (C=O) groups is 1. The third-order valence-electron chi connectivity index (χ3n) is 3.52. The molecule has 18 heavy (non-hydrogen) atoms. The lowest BCUT2D eigenvalue weighted by atomic mass is 10.0. The molecule has 1 rings (SSSR count). The van der Waals surface area contributed by atoms with E-state index in [4.69, 9.17) is 4.84 Å². The van der Waals surface area contributed by atoms with Gasteiger partial charge in [0, 0.05) is 13.3 Å². The zero-order valence-corrected chi connectivity index (χ0v) is 11.9. The largest absolute Gasteiger partial charge is 0.392 e. The number of ketones is 1. The Morgan fingerprint density at radius 1 is 1.17 bits per heavy atom. The molecule has 0 spiro atoms. The van der Waals surface area contributed by atoms with Gasteiger partial charge >= 0.3 is 0 Å². The van der Waals surface area contributed by atoms with E-state index in [1.807, 2.05) is 0 Å². The first-order valence-electron chi connectivity index (χ1n) is 7.47. The minimum atomic E-state index is 0.0495. The fourth-order valence-electron chi connectivity index (χ4n) is 2.30. The van der Waals surface area contributed by atoms with E-state index in [0.29, 0.717) is 12.1 Å². The first-order chi connectivity index (χ1) is 8.74. The molecule has 0 aromatic heterocycles. The van der Waals surface area contributed by atoms with E-state index in [0.717, 1.165) is 6.42 Å². The summed E-state index contributed by atoms with van der Waals surface area (Å²) in [5, 5.41) is 3.83. The molecule has 3 nitrogen and oxygen atoms in total. The summed E-state index contributed by atoms with van der Waals surface area (Å²) >= 11 is 0. The number of hydrogen-bond donors (Lipinski definition) is 0. The molecule has 1 heterocycles. The molecule has 0 N–H and O–H groups in total. The van der Waals surface area contributed by atoms with E-state index in [-0.39, 0.29) is 11.9 Å². The molecular formula is C15H27NO2. The standard InChI is InChI=1S/C15H27NO2/c1-3-4-5-6-7-8-9-10-11-14-12-15(13(2)17)16-18-14/h14H,3-12H2,1-2H3. The summed E-state index contributed by atoms with van der Waals surface area (Å²) in [5.74, 6) is 0.0495. The van der Waals surface area contributed by atoms with Crippen LogP contribution in [0.3, 0.4) is 0 Å². The van der Waals surface area contributed by atoms with Crippen LogP contribution in [0.4, 0.5) is 0 Å². The van der Waals surface area contributed by atoms with Crippen LogP contribution in [0.2, 0.25) is 0 Å². The predicted octanol–water partition coefficient (Wildman–Crippen LogP) is 4.25. The molecule has 0 bridgehead atoms. The summed E-state index contributed by atoms with van der Waals surface area (Å²) in [6, 6.07) is 0. The summed E-state index contributed by atoms with van der Waals surface area (Å²) in [6.45, 7) is 3.81. The van der Waals surface area contributed by atoms with Gasteiger partial charge in [0.2, 0.25) is 0 Å². The smallest absolute Gasteiger partial charge is 0.177 e. The summed E-state index contributed by atoms with van der Waals surface area (Å²) in [5.41, 5.74) is 0.611. The molecule has 1 aliphatic rings. The molecule has 104 valence electrons. The van der Waals surface area contributed by atoms with E-state index in [2.05, 4.69) is 12.1 Å². The van der Waals surface area contributed by atoms with Crippen LogP contribution in [0, 0.1) is 0 Å². The van der Waals surface area contributed by atoms with Crippen LogP contribution in [-0.4, -0.2) is 17.6 Å². The first-order valence-corrected chi connectivity index (χ1v) is 7.47. The maximum atomic E-state index is 11.1. The average molecular weight is 253 g/mol. The molecule has 1 aliphatic heterocycles. The topological polar surface area (TPSA) is 38.7 Å².